The molecule has 116 valence electrons. The highest BCUT2D eigenvalue weighted by atomic mass is 32.2. The summed E-state index contributed by atoms with van der Waals surface area (Å²) in [5.74, 6) is 1.42. The SMILES string of the molecule is O=S(=O)(NC1CCSC1)c1ccc(F)c(CNC2CC2)c1. The van der Waals surface area contributed by atoms with Crippen molar-refractivity contribution in [1.82, 2.24) is 10.0 Å². The van der Waals surface area contributed by atoms with Gasteiger partial charge in [0.15, 0.2) is 0 Å². The topological polar surface area (TPSA) is 58.2 Å². The van der Waals surface area contributed by atoms with Gasteiger partial charge in [-0.25, -0.2) is 17.5 Å². The molecule has 1 aliphatic heterocycles. The summed E-state index contributed by atoms with van der Waals surface area (Å²) in [6.07, 6.45) is 3.07. The number of benzene rings is 1. The number of rotatable bonds is 6. The zero-order valence-corrected chi connectivity index (χ0v) is 13.3. The minimum atomic E-state index is -3.56. The molecular formula is C14H19FN2O2S2. The Labute approximate surface area is 128 Å². The van der Waals surface area contributed by atoms with Crippen LogP contribution in [0, 0.1) is 5.82 Å². The first-order valence-electron chi connectivity index (χ1n) is 7.16. The highest BCUT2D eigenvalue weighted by Crippen LogP contribution is 2.22. The van der Waals surface area contributed by atoms with E-state index in [1.54, 1.807) is 11.8 Å². The van der Waals surface area contributed by atoms with Crippen molar-refractivity contribution in [2.75, 3.05) is 11.5 Å². The van der Waals surface area contributed by atoms with E-state index >= 15 is 0 Å². The first-order chi connectivity index (χ1) is 10.0. The largest absolute Gasteiger partial charge is 0.310 e. The Balaban J connectivity index is 1.74. The summed E-state index contributed by atoms with van der Waals surface area (Å²) in [6, 6.07) is 4.45. The predicted molar refractivity (Wildman–Crippen MR) is 82.3 cm³/mol. The fraction of sp³-hybridized carbons (Fsp3) is 0.571. The lowest BCUT2D eigenvalue weighted by Gasteiger charge is -2.13. The molecule has 1 unspecified atom stereocenters. The summed E-state index contributed by atoms with van der Waals surface area (Å²) in [4.78, 5) is 0.147. The zero-order valence-electron chi connectivity index (χ0n) is 11.6. The number of thioether (sulfide) groups is 1. The van der Waals surface area contributed by atoms with Gasteiger partial charge < -0.3 is 5.32 Å². The molecule has 1 aromatic carbocycles. The maximum atomic E-state index is 13.8. The quantitative estimate of drug-likeness (QED) is 0.836. The second-order valence-corrected chi connectivity index (χ2v) is 8.45. The van der Waals surface area contributed by atoms with Gasteiger partial charge in [0.25, 0.3) is 0 Å². The molecule has 4 nitrogen and oxygen atoms in total. The van der Waals surface area contributed by atoms with Gasteiger partial charge in [0.1, 0.15) is 5.82 Å². The van der Waals surface area contributed by atoms with E-state index in [1.165, 1.54) is 18.2 Å². The number of hydrogen-bond donors (Lipinski definition) is 2. The van der Waals surface area contributed by atoms with Crippen LogP contribution in [0.2, 0.25) is 0 Å². The first kappa shape index (κ1) is 15.3. The third-order valence-corrected chi connectivity index (χ3v) is 6.42. The first-order valence-corrected chi connectivity index (χ1v) is 9.80. The summed E-state index contributed by atoms with van der Waals surface area (Å²) in [5, 5.41) is 3.21. The number of nitrogens with one attached hydrogen (secondary N) is 2. The van der Waals surface area contributed by atoms with Gasteiger partial charge >= 0.3 is 0 Å². The summed E-state index contributed by atoms with van der Waals surface area (Å²) in [7, 11) is -3.56. The molecule has 1 saturated heterocycles. The van der Waals surface area contributed by atoms with Crippen molar-refractivity contribution >= 4 is 21.8 Å². The van der Waals surface area contributed by atoms with Gasteiger partial charge in [-0.2, -0.15) is 11.8 Å². The van der Waals surface area contributed by atoms with Crippen LogP contribution in [0.15, 0.2) is 23.1 Å². The predicted octanol–water partition coefficient (Wildman–Crippen LogP) is 1.86. The molecule has 7 heteroatoms. The van der Waals surface area contributed by atoms with Crippen molar-refractivity contribution in [1.29, 1.82) is 0 Å². The maximum absolute atomic E-state index is 13.8. The zero-order chi connectivity index (χ0) is 14.9. The molecule has 2 fully saturated rings. The van der Waals surface area contributed by atoms with Gasteiger partial charge in [-0.1, -0.05) is 0 Å². The molecular weight excluding hydrogens is 311 g/mol. The number of halogens is 1. The Hall–Kier alpha value is -0.630. The average Bonchev–Trinajstić information content (AvgIpc) is 3.14. The monoisotopic (exact) mass is 330 g/mol. The van der Waals surface area contributed by atoms with Crippen LogP contribution in [0.5, 0.6) is 0 Å². The van der Waals surface area contributed by atoms with Gasteiger partial charge in [0, 0.05) is 29.9 Å². The second-order valence-electron chi connectivity index (χ2n) is 5.59. The van der Waals surface area contributed by atoms with Gasteiger partial charge in [0.05, 0.1) is 4.90 Å². The molecule has 2 N–H and O–H groups in total. The van der Waals surface area contributed by atoms with Gasteiger partial charge in [-0.15, -0.1) is 0 Å². The van der Waals surface area contributed by atoms with Gasteiger partial charge in [0.2, 0.25) is 10.0 Å². The molecule has 0 radical (unpaired) electrons. The normalized spacial score (nSPS) is 22.6. The molecule has 3 rings (SSSR count). The highest BCUT2D eigenvalue weighted by molar-refractivity contribution is 7.99. The van der Waals surface area contributed by atoms with Crippen molar-refractivity contribution in [3.8, 4) is 0 Å². The molecule has 0 spiro atoms. The van der Waals surface area contributed by atoms with Crippen LogP contribution >= 0.6 is 11.8 Å². The fourth-order valence-electron chi connectivity index (χ4n) is 2.31. The summed E-state index contributed by atoms with van der Waals surface area (Å²) in [5.41, 5.74) is 0.408. The van der Waals surface area contributed by atoms with Gasteiger partial charge in [-0.3, -0.25) is 0 Å². The molecule has 1 heterocycles. The van der Waals surface area contributed by atoms with Crippen LogP contribution in [0.1, 0.15) is 24.8 Å². The van der Waals surface area contributed by atoms with Crippen LogP contribution in [-0.2, 0) is 16.6 Å². The van der Waals surface area contributed by atoms with Crippen LogP contribution in [0.3, 0.4) is 0 Å². The van der Waals surface area contributed by atoms with Crippen molar-refractivity contribution in [2.45, 2.75) is 42.8 Å². The highest BCUT2D eigenvalue weighted by Gasteiger charge is 2.25. The van der Waals surface area contributed by atoms with E-state index in [4.69, 9.17) is 0 Å². The molecule has 2 aliphatic rings. The Bertz CT molecular complexity index is 611. The third-order valence-electron chi connectivity index (χ3n) is 3.74. The Kier molecular flexibility index (Phi) is 4.54. The van der Waals surface area contributed by atoms with Crippen LogP contribution in [0.25, 0.3) is 0 Å². The summed E-state index contributed by atoms with van der Waals surface area (Å²) >= 11 is 1.74. The van der Waals surface area contributed by atoms with E-state index in [2.05, 4.69) is 10.0 Å². The molecule has 0 aromatic heterocycles. The Morgan fingerprint density at radius 1 is 1.24 bits per heavy atom. The lowest BCUT2D eigenvalue weighted by atomic mass is 10.2. The van der Waals surface area contributed by atoms with E-state index in [9.17, 15) is 12.8 Å². The Morgan fingerprint density at radius 2 is 2.05 bits per heavy atom. The molecule has 1 saturated carbocycles. The standard InChI is InChI=1S/C14H19FN2O2S2/c15-14-4-3-13(7-10(14)8-16-11-1-2-11)21(18,19)17-12-5-6-20-9-12/h3-4,7,11-12,16-17H,1-2,5-6,8-9H2. The van der Waals surface area contributed by atoms with Crippen molar-refractivity contribution < 1.29 is 12.8 Å². The summed E-state index contributed by atoms with van der Waals surface area (Å²) < 4.78 is 41.2. The molecule has 1 aromatic rings. The number of hydrogen-bond acceptors (Lipinski definition) is 4. The second kappa shape index (κ2) is 6.24. The van der Waals surface area contributed by atoms with Crippen molar-refractivity contribution in [3.63, 3.8) is 0 Å². The van der Waals surface area contributed by atoms with Gasteiger partial charge in [-0.05, 0) is 43.2 Å². The molecule has 0 bridgehead atoms. The van der Waals surface area contributed by atoms with E-state index < -0.39 is 10.0 Å². The minimum Gasteiger partial charge on any atom is -0.310 e. The van der Waals surface area contributed by atoms with Crippen molar-refractivity contribution in [2.24, 2.45) is 0 Å². The lowest BCUT2D eigenvalue weighted by Crippen LogP contribution is -2.34. The van der Waals surface area contributed by atoms with Crippen LogP contribution in [-0.4, -0.2) is 32.0 Å². The number of sulfonamides is 1. The molecule has 0 amide bonds. The van der Waals surface area contributed by atoms with Crippen molar-refractivity contribution in [3.05, 3.63) is 29.6 Å². The van der Waals surface area contributed by atoms with E-state index in [1.807, 2.05) is 0 Å². The molecule has 1 atom stereocenters. The third kappa shape index (κ3) is 3.97. The molecule has 21 heavy (non-hydrogen) atoms. The van der Waals surface area contributed by atoms with E-state index in [-0.39, 0.29) is 16.8 Å². The average molecular weight is 330 g/mol. The molecule has 1 aliphatic carbocycles. The fourth-order valence-corrected chi connectivity index (χ4v) is 4.89. The Morgan fingerprint density at radius 3 is 2.71 bits per heavy atom. The maximum Gasteiger partial charge on any atom is 0.240 e. The van der Waals surface area contributed by atoms with E-state index in [0.29, 0.717) is 18.2 Å². The minimum absolute atomic E-state index is 0.0157. The van der Waals surface area contributed by atoms with Crippen LogP contribution in [0.4, 0.5) is 4.39 Å². The summed E-state index contributed by atoms with van der Waals surface area (Å²) in [6.45, 7) is 0.374. The smallest absolute Gasteiger partial charge is 0.240 e. The van der Waals surface area contributed by atoms with E-state index in [0.717, 1.165) is 30.8 Å². The van der Waals surface area contributed by atoms with Crippen LogP contribution < -0.4 is 10.0 Å². The lowest BCUT2D eigenvalue weighted by molar-refractivity contribution is 0.560.